The van der Waals surface area contributed by atoms with Crippen molar-refractivity contribution in [2.24, 2.45) is 5.73 Å². The van der Waals surface area contributed by atoms with E-state index in [-0.39, 0.29) is 0 Å². The van der Waals surface area contributed by atoms with Gasteiger partial charge >= 0.3 is 0 Å². The van der Waals surface area contributed by atoms with Crippen LogP contribution in [0.2, 0.25) is 0 Å². The van der Waals surface area contributed by atoms with Crippen LogP contribution in [-0.2, 0) is 6.54 Å². The summed E-state index contributed by atoms with van der Waals surface area (Å²) < 4.78 is 25.0. The molecule has 2 aromatic rings. The molecule has 0 aromatic heterocycles. The fourth-order valence-corrected chi connectivity index (χ4v) is 2.53. The van der Waals surface area contributed by atoms with Gasteiger partial charge in [0.1, 0.15) is 0 Å². The highest BCUT2D eigenvalue weighted by Gasteiger charge is 2.11. The number of thioether (sulfide) groups is 1. The monoisotopic (exact) mass is 308 g/mol. The minimum atomic E-state index is -2.48. The van der Waals surface area contributed by atoms with Crippen LogP contribution < -0.4 is 11.1 Å². The quantitative estimate of drug-likeness (QED) is 0.800. The molecule has 0 aliphatic heterocycles. The minimum absolute atomic E-state index is 0.333. The Morgan fingerprint density at radius 3 is 2.52 bits per heavy atom. The first-order valence-corrected chi connectivity index (χ1v) is 7.11. The molecule has 21 heavy (non-hydrogen) atoms. The molecular weight excluding hydrogens is 294 g/mol. The molecule has 0 aliphatic carbocycles. The van der Waals surface area contributed by atoms with Crippen molar-refractivity contribution in [3.63, 3.8) is 0 Å². The smallest absolute Gasteiger partial charge is 0.288 e. The van der Waals surface area contributed by atoms with Crippen molar-refractivity contribution < 1.29 is 13.6 Å². The Balaban J connectivity index is 2.15. The lowest BCUT2D eigenvalue weighted by molar-refractivity contribution is 0.0999. The van der Waals surface area contributed by atoms with E-state index in [1.807, 2.05) is 0 Å². The van der Waals surface area contributed by atoms with Gasteiger partial charge in [-0.15, -0.1) is 0 Å². The SMILES string of the molecule is NC(=O)c1ccccc1CNc1ccccc1SC(F)F. The highest BCUT2D eigenvalue weighted by molar-refractivity contribution is 7.99. The largest absolute Gasteiger partial charge is 0.380 e. The summed E-state index contributed by atoms with van der Waals surface area (Å²) in [5.41, 5.74) is 7.05. The molecule has 0 radical (unpaired) electrons. The Kier molecular flexibility index (Phi) is 5.16. The molecule has 0 unspecified atom stereocenters. The number of primary amides is 1. The Labute approximate surface area is 125 Å². The van der Waals surface area contributed by atoms with Crippen LogP contribution in [0.1, 0.15) is 15.9 Å². The molecular formula is C15H14F2N2OS. The third-order valence-corrected chi connectivity index (χ3v) is 3.64. The number of carbonyl (C=O) groups is 1. The lowest BCUT2D eigenvalue weighted by Crippen LogP contribution is -2.15. The molecule has 0 bridgehead atoms. The van der Waals surface area contributed by atoms with Crippen LogP contribution in [0, 0.1) is 0 Å². The molecule has 2 rings (SSSR count). The second-order valence-corrected chi connectivity index (χ2v) is 5.28. The molecule has 0 fully saturated rings. The van der Waals surface area contributed by atoms with Crippen molar-refractivity contribution in [3.8, 4) is 0 Å². The Morgan fingerprint density at radius 2 is 1.81 bits per heavy atom. The number of anilines is 1. The Hall–Kier alpha value is -2.08. The van der Waals surface area contributed by atoms with E-state index in [4.69, 9.17) is 5.73 Å². The number of benzene rings is 2. The molecule has 0 saturated carbocycles. The van der Waals surface area contributed by atoms with Crippen LogP contribution in [-0.4, -0.2) is 11.7 Å². The fourth-order valence-electron chi connectivity index (χ4n) is 1.92. The number of para-hydroxylation sites is 1. The highest BCUT2D eigenvalue weighted by Crippen LogP contribution is 2.31. The number of nitrogens with one attached hydrogen (secondary N) is 1. The summed E-state index contributed by atoms with van der Waals surface area (Å²) in [7, 11) is 0. The Bertz CT molecular complexity index is 635. The van der Waals surface area contributed by atoms with Crippen LogP contribution in [0.5, 0.6) is 0 Å². The van der Waals surface area contributed by atoms with E-state index in [0.29, 0.717) is 34.5 Å². The average Bonchev–Trinajstić information content (AvgIpc) is 2.46. The summed E-state index contributed by atoms with van der Waals surface area (Å²) in [6.45, 7) is 0.333. The van der Waals surface area contributed by atoms with Crippen LogP contribution in [0.4, 0.5) is 14.5 Å². The third-order valence-electron chi connectivity index (χ3n) is 2.86. The van der Waals surface area contributed by atoms with Crippen molar-refractivity contribution in [1.82, 2.24) is 0 Å². The summed E-state index contributed by atoms with van der Waals surface area (Å²) in [6.07, 6.45) is 0. The molecule has 0 aliphatic rings. The highest BCUT2D eigenvalue weighted by atomic mass is 32.2. The number of nitrogens with two attached hydrogens (primary N) is 1. The molecule has 0 heterocycles. The number of hydrogen-bond donors (Lipinski definition) is 2. The lowest BCUT2D eigenvalue weighted by atomic mass is 10.1. The van der Waals surface area contributed by atoms with Gasteiger partial charge in [0.15, 0.2) is 0 Å². The number of halogens is 2. The number of alkyl halides is 2. The Morgan fingerprint density at radius 1 is 1.14 bits per heavy atom. The van der Waals surface area contributed by atoms with Crippen LogP contribution in [0.3, 0.4) is 0 Å². The van der Waals surface area contributed by atoms with Crippen molar-refractivity contribution in [2.45, 2.75) is 17.2 Å². The molecule has 0 spiro atoms. The van der Waals surface area contributed by atoms with Gasteiger partial charge in [0.05, 0.1) is 0 Å². The molecule has 110 valence electrons. The van der Waals surface area contributed by atoms with E-state index in [9.17, 15) is 13.6 Å². The zero-order valence-corrected chi connectivity index (χ0v) is 11.9. The van der Waals surface area contributed by atoms with E-state index in [1.165, 1.54) is 0 Å². The molecule has 0 saturated heterocycles. The lowest BCUT2D eigenvalue weighted by Gasteiger charge is -2.12. The van der Waals surface area contributed by atoms with Gasteiger partial charge in [-0.3, -0.25) is 4.79 Å². The van der Waals surface area contributed by atoms with E-state index >= 15 is 0 Å². The standard InChI is InChI=1S/C15H14F2N2OS/c16-15(17)21-13-8-4-3-7-12(13)19-9-10-5-1-2-6-11(10)14(18)20/h1-8,15,19H,9H2,(H2,18,20). The number of amides is 1. The number of rotatable bonds is 6. The molecule has 0 atom stereocenters. The van der Waals surface area contributed by atoms with E-state index in [0.717, 1.165) is 5.56 Å². The normalized spacial score (nSPS) is 10.6. The van der Waals surface area contributed by atoms with Crippen molar-refractivity contribution in [1.29, 1.82) is 0 Å². The average molecular weight is 308 g/mol. The summed E-state index contributed by atoms with van der Waals surface area (Å²) in [6, 6.07) is 13.7. The van der Waals surface area contributed by atoms with E-state index in [2.05, 4.69) is 5.32 Å². The third kappa shape index (κ3) is 4.19. The van der Waals surface area contributed by atoms with Gasteiger partial charge in [-0.25, -0.2) is 0 Å². The zero-order valence-electron chi connectivity index (χ0n) is 11.1. The van der Waals surface area contributed by atoms with Gasteiger partial charge in [-0.05, 0) is 23.8 Å². The molecule has 6 heteroatoms. The topological polar surface area (TPSA) is 55.1 Å². The maximum atomic E-state index is 12.5. The summed E-state index contributed by atoms with van der Waals surface area (Å²) in [5.74, 6) is -2.99. The fraction of sp³-hybridized carbons (Fsp3) is 0.133. The van der Waals surface area contributed by atoms with Crippen molar-refractivity contribution >= 4 is 23.4 Å². The first-order valence-electron chi connectivity index (χ1n) is 6.23. The zero-order chi connectivity index (χ0) is 15.2. The predicted octanol–water partition coefficient (Wildman–Crippen LogP) is 3.71. The second kappa shape index (κ2) is 7.08. The number of hydrogen-bond acceptors (Lipinski definition) is 3. The van der Waals surface area contributed by atoms with Gasteiger partial charge in [0, 0.05) is 22.7 Å². The molecule has 3 N–H and O–H groups in total. The van der Waals surface area contributed by atoms with Crippen molar-refractivity contribution in [2.75, 3.05) is 5.32 Å². The maximum absolute atomic E-state index is 12.5. The van der Waals surface area contributed by atoms with Gasteiger partial charge in [0.25, 0.3) is 5.76 Å². The van der Waals surface area contributed by atoms with Crippen LogP contribution in [0.25, 0.3) is 0 Å². The van der Waals surface area contributed by atoms with Gasteiger partial charge in [-0.2, -0.15) is 8.78 Å². The summed E-state index contributed by atoms with van der Waals surface area (Å²) in [4.78, 5) is 11.8. The summed E-state index contributed by atoms with van der Waals surface area (Å²) >= 11 is 0.483. The van der Waals surface area contributed by atoms with E-state index in [1.54, 1.807) is 48.5 Å². The number of carbonyl (C=O) groups excluding carboxylic acids is 1. The minimum Gasteiger partial charge on any atom is -0.380 e. The maximum Gasteiger partial charge on any atom is 0.288 e. The van der Waals surface area contributed by atoms with Gasteiger partial charge in [-0.1, -0.05) is 42.1 Å². The molecule has 2 aromatic carbocycles. The first kappa shape index (κ1) is 15.3. The second-order valence-electron chi connectivity index (χ2n) is 4.25. The van der Waals surface area contributed by atoms with E-state index < -0.39 is 11.7 Å². The van der Waals surface area contributed by atoms with Gasteiger partial charge < -0.3 is 11.1 Å². The predicted molar refractivity (Wildman–Crippen MR) is 80.6 cm³/mol. The molecule has 1 amide bonds. The summed E-state index contributed by atoms with van der Waals surface area (Å²) in [5, 5.41) is 3.07. The van der Waals surface area contributed by atoms with Crippen LogP contribution in [0.15, 0.2) is 53.4 Å². The van der Waals surface area contributed by atoms with Crippen LogP contribution >= 0.6 is 11.8 Å². The van der Waals surface area contributed by atoms with Gasteiger partial charge in [0.2, 0.25) is 5.91 Å². The first-order chi connectivity index (χ1) is 10.1. The molecule has 3 nitrogen and oxygen atoms in total. The van der Waals surface area contributed by atoms with Crippen molar-refractivity contribution in [3.05, 3.63) is 59.7 Å².